The molecule has 1 aliphatic rings. The monoisotopic (exact) mass is 263 g/mol. The normalized spacial score (nSPS) is 30.2. The van der Waals surface area contributed by atoms with Crippen LogP contribution in [0.2, 0.25) is 0 Å². The third kappa shape index (κ3) is 2.55. The molecule has 0 spiro atoms. The quantitative estimate of drug-likeness (QED) is 0.556. The van der Waals surface area contributed by atoms with Gasteiger partial charge in [-0.3, -0.25) is 4.79 Å². The third-order valence-corrected chi connectivity index (χ3v) is 6.14. The standard InChI is InChI=1S/C10H17NO3S2/c1-7(12)10(9(13)14-4)15-5-8(6-16-10)11(2)3/h8H,5-6H2,1-4H3. The summed E-state index contributed by atoms with van der Waals surface area (Å²) in [4.78, 5) is 25.5. The van der Waals surface area contributed by atoms with Gasteiger partial charge < -0.3 is 9.64 Å². The zero-order chi connectivity index (χ0) is 12.3. The lowest BCUT2D eigenvalue weighted by atomic mass is 10.3. The lowest BCUT2D eigenvalue weighted by Crippen LogP contribution is -2.48. The summed E-state index contributed by atoms with van der Waals surface area (Å²) in [6.45, 7) is 1.45. The van der Waals surface area contributed by atoms with Crippen LogP contribution in [0.25, 0.3) is 0 Å². The Labute approximate surface area is 104 Å². The smallest absolute Gasteiger partial charge is 0.340 e. The minimum Gasteiger partial charge on any atom is -0.467 e. The number of thioether (sulfide) groups is 2. The minimum atomic E-state index is -1.04. The van der Waals surface area contributed by atoms with Crippen molar-refractivity contribution < 1.29 is 14.3 Å². The number of hydrogen-bond donors (Lipinski definition) is 0. The number of esters is 1. The Kier molecular flexibility index (Phi) is 4.70. The van der Waals surface area contributed by atoms with Crippen LogP contribution in [0.15, 0.2) is 0 Å². The molecule has 1 rings (SSSR count). The largest absolute Gasteiger partial charge is 0.467 e. The molecule has 1 heterocycles. The van der Waals surface area contributed by atoms with Gasteiger partial charge in [0.2, 0.25) is 4.08 Å². The minimum absolute atomic E-state index is 0.133. The van der Waals surface area contributed by atoms with Crippen molar-refractivity contribution in [1.29, 1.82) is 0 Å². The number of nitrogens with zero attached hydrogens (tertiary/aromatic N) is 1. The molecule has 0 aromatic carbocycles. The molecule has 0 N–H and O–H groups in total. The van der Waals surface area contributed by atoms with E-state index in [0.29, 0.717) is 6.04 Å². The molecule has 0 aliphatic carbocycles. The molecule has 0 aromatic heterocycles. The topological polar surface area (TPSA) is 46.6 Å². The first-order valence-corrected chi connectivity index (χ1v) is 6.95. The van der Waals surface area contributed by atoms with E-state index in [1.54, 1.807) is 0 Å². The summed E-state index contributed by atoms with van der Waals surface area (Å²) in [7, 11) is 5.33. The Morgan fingerprint density at radius 2 is 1.81 bits per heavy atom. The molecule has 0 bridgehead atoms. The lowest BCUT2D eigenvalue weighted by Gasteiger charge is -2.37. The number of methoxy groups -OCH3 is 1. The molecule has 0 radical (unpaired) electrons. The maximum atomic E-state index is 11.7. The highest BCUT2D eigenvalue weighted by Gasteiger charge is 2.49. The molecule has 0 aromatic rings. The number of carbonyl (C=O) groups excluding carboxylic acids is 2. The van der Waals surface area contributed by atoms with Gasteiger partial charge in [0, 0.05) is 17.5 Å². The van der Waals surface area contributed by atoms with Crippen LogP contribution in [-0.2, 0) is 14.3 Å². The highest BCUT2D eigenvalue weighted by molar-refractivity contribution is 8.21. The first-order valence-electron chi connectivity index (χ1n) is 4.98. The van der Waals surface area contributed by atoms with Gasteiger partial charge in [0.05, 0.1) is 7.11 Å². The van der Waals surface area contributed by atoms with Crippen LogP contribution in [-0.4, -0.2) is 59.5 Å². The fourth-order valence-corrected chi connectivity index (χ4v) is 4.80. The van der Waals surface area contributed by atoms with E-state index < -0.39 is 10.0 Å². The molecule has 1 fully saturated rings. The summed E-state index contributed by atoms with van der Waals surface area (Å²) < 4.78 is 3.69. The second-order valence-corrected chi connectivity index (χ2v) is 6.63. The van der Waals surface area contributed by atoms with Gasteiger partial charge in [-0.25, -0.2) is 4.79 Å². The molecule has 0 saturated carbocycles. The van der Waals surface area contributed by atoms with Crippen molar-refractivity contribution in [3.8, 4) is 0 Å². The molecule has 1 aliphatic heterocycles. The van der Waals surface area contributed by atoms with Crippen molar-refractivity contribution in [2.45, 2.75) is 17.0 Å². The van der Waals surface area contributed by atoms with Gasteiger partial charge in [-0.05, 0) is 21.0 Å². The Morgan fingerprint density at radius 3 is 2.12 bits per heavy atom. The molecule has 0 unspecified atom stereocenters. The van der Waals surface area contributed by atoms with E-state index in [9.17, 15) is 9.59 Å². The van der Waals surface area contributed by atoms with Crippen molar-refractivity contribution in [3.63, 3.8) is 0 Å². The van der Waals surface area contributed by atoms with E-state index in [1.165, 1.54) is 37.6 Å². The van der Waals surface area contributed by atoms with Gasteiger partial charge in [0.1, 0.15) is 0 Å². The number of rotatable bonds is 3. The highest BCUT2D eigenvalue weighted by Crippen LogP contribution is 2.44. The van der Waals surface area contributed by atoms with Gasteiger partial charge in [0.15, 0.2) is 5.78 Å². The van der Waals surface area contributed by atoms with Gasteiger partial charge in [-0.2, -0.15) is 0 Å². The number of Topliss-reactive ketones (excluding diaryl/α,β-unsaturated/α-hetero) is 1. The van der Waals surface area contributed by atoms with E-state index in [4.69, 9.17) is 4.74 Å². The average molecular weight is 263 g/mol. The molecule has 0 atom stereocenters. The fraction of sp³-hybridized carbons (Fsp3) is 0.800. The van der Waals surface area contributed by atoms with Gasteiger partial charge in [-0.1, -0.05) is 0 Å². The van der Waals surface area contributed by atoms with Crippen LogP contribution in [0.4, 0.5) is 0 Å². The Balaban J connectivity index is 2.78. The van der Waals surface area contributed by atoms with Crippen LogP contribution in [0, 0.1) is 0 Å². The van der Waals surface area contributed by atoms with Crippen LogP contribution in [0.3, 0.4) is 0 Å². The van der Waals surface area contributed by atoms with Gasteiger partial charge >= 0.3 is 5.97 Å². The van der Waals surface area contributed by atoms with Gasteiger partial charge in [0.25, 0.3) is 0 Å². The predicted octanol–water partition coefficient (Wildman–Crippen LogP) is 0.855. The van der Waals surface area contributed by atoms with E-state index in [2.05, 4.69) is 4.90 Å². The summed E-state index contributed by atoms with van der Waals surface area (Å²) in [5, 5.41) is 0. The Bertz CT molecular complexity index is 286. The van der Waals surface area contributed by atoms with Crippen molar-refractivity contribution in [2.75, 3.05) is 32.7 Å². The summed E-state index contributed by atoms with van der Waals surface area (Å²) >= 11 is 2.77. The predicted molar refractivity (Wildman–Crippen MR) is 67.8 cm³/mol. The summed E-state index contributed by atoms with van der Waals surface area (Å²) in [5.74, 6) is 0.974. The van der Waals surface area contributed by atoms with Crippen molar-refractivity contribution >= 4 is 35.3 Å². The molecular formula is C10H17NO3S2. The zero-order valence-corrected chi connectivity index (χ0v) is 11.6. The summed E-state index contributed by atoms with van der Waals surface area (Å²) in [6.07, 6.45) is 0. The molecule has 4 nitrogen and oxygen atoms in total. The molecular weight excluding hydrogens is 246 g/mol. The van der Waals surface area contributed by atoms with E-state index in [1.807, 2.05) is 14.1 Å². The van der Waals surface area contributed by atoms with E-state index >= 15 is 0 Å². The number of ketones is 1. The fourth-order valence-electron chi connectivity index (χ4n) is 1.41. The number of carbonyl (C=O) groups is 2. The Hall–Kier alpha value is -0.200. The van der Waals surface area contributed by atoms with Crippen LogP contribution >= 0.6 is 23.5 Å². The average Bonchev–Trinajstić information content (AvgIpc) is 2.27. The first kappa shape index (κ1) is 13.9. The van der Waals surface area contributed by atoms with Crippen LogP contribution in [0.1, 0.15) is 6.92 Å². The highest BCUT2D eigenvalue weighted by atomic mass is 32.2. The van der Waals surface area contributed by atoms with Crippen LogP contribution < -0.4 is 0 Å². The maximum Gasteiger partial charge on any atom is 0.340 e. The van der Waals surface area contributed by atoms with Crippen molar-refractivity contribution in [2.24, 2.45) is 0 Å². The molecule has 6 heteroatoms. The van der Waals surface area contributed by atoms with Crippen molar-refractivity contribution in [3.05, 3.63) is 0 Å². The van der Waals surface area contributed by atoms with E-state index in [-0.39, 0.29) is 5.78 Å². The molecule has 0 amide bonds. The summed E-state index contributed by atoms with van der Waals surface area (Å²) in [6, 6.07) is 0.395. The summed E-state index contributed by atoms with van der Waals surface area (Å²) in [5.41, 5.74) is 0. The van der Waals surface area contributed by atoms with E-state index in [0.717, 1.165) is 11.5 Å². The molecule has 92 valence electrons. The molecule has 1 saturated heterocycles. The number of ether oxygens (including phenoxy) is 1. The van der Waals surface area contributed by atoms with Gasteiger partial charge in [-0.15, -0.1) is 23.5 Å². The van der Waals surface area contributed by atoms with Crippen molar-refractivity contribution in [1.82, 2.24) is 4.90 Å². The SMILES string of the molecule is COC(=O)C1(C(C)=O)SCC(N(C)C)CS1. The Morgan fingerprint density at radius 1 is 1.31 bits per heavy atom. The zero-order valence-electron chi connectivity index (χ0n) is 9.98. The van der Waals surface area contributed by atoms with Crippen LogP contribution in [0.5, 0.6) is 0 Å². The number of hydrogen-bond acceptors (Lipinski definition) is 6. The second-order valence-electron chi connectivity index (χ2n) is 3.90. The maximum absolute atomic E-state index is 11.7. The second kappa shape index (κ2) is 5.42. The third-order valence-electron chi connectivity index (χ3n) is 2.61. The lowest BCUT2D eigenvalue weighted by molar-refractivity contribution is -0.143. The first-order chi connectivity index (χ1) is 7.44. The molecule has 16 heavy (non-hydrogen) atoms.